The molecule has 1 unspecified atom stereocenters. The van der Waals surface area contributed by atoms with Crippen molar-refractivity contribution in [1.82, 2.24) is 0 Å². The van der Waals surface area contributed by atoms with Crippen LogP contribution in [0, 0.1) is 0 Å². The topological polar surface area (TPSA) is 80.4 Å². The fourth-order valence-corrected chi connectivity index (χ4v) is 1.37. The third-order valence-corrected chi connectivity index (χ3v) is 3.33. The Bertz CT molecular complexity index is 393. The second-order valence-corrected chi connectivity index (χ2v) is 4.90. The first-order valence-electron chi connectivity index (χ1n) is 3.36. The van der Waals surface area contributed by atoms with Gasteiger partial charge in [0.25, 0.3) is 0 Å². The Hall–Kier alpha value is -0.101. The normalized spacial score (nSPS) is 15.4. The van der Waals surface area contributed by atoms with E-state index in [0.717, 1.165) is 0 Å². The maximum Gasteiger partial charge on any atom is 0.303 e. The van der Waals surface area contributed by atoms with Gasteiger partial charge in [-0.15, -0.1) is 0 Å². The molecule has 4 nitrogen and oxygen atoms in total. The van der Waals surface area contributed by atoms with E-state index >= 15 is 0 Å². The van der Waals surface area contributed by atoms with Crippen molar-refractivity contribution in [2.24, 2.45) is 5.73 Å². The second-order valence-electron chi connectivity index (χ2n) is 2.49. The number of hydrogen-bond acceptors (Lipinski definition) is 3. The third kappa shape index (κ3) is 2.70. The molecule has 1 radical (unpaired) electrons. The molecule has 1 atom stereocenters. The molecule has 3 N–H and O–H groups in total. The zero-order valence-electron chi connectivity index (χ0n) is 6.82. The van der Waals surface area contributed by atoms with Crippen molar-refractivity contribution in [3.8, 4) is 0 Å². The van der Waals surface area contributed by atoms with E-state index in [-0.39, 0.29) is 22.6 Å². The molecular weight excluding hydrogens is 277 g/mol. The van der Waals surface area contributed by atoms with E-state index in [2.05, 4.69) is 0 Å². The van der Waals surface area contributed by atoms with Crippen LogP contribution in [0.15, 0.2) is 30.3 Å². The first-order chi connectivity index (χ1) is 5.86. The van der Waals surface area contributed by atoms with Gasteiger partial charge < -0.3 is 0 Å². The molecule has 1 aromatic rings. The van der Waals surface area contributed by atoms with Crippen LogP contribution in [0.1, 0.15) is 5.56 Å². The summed E-state index contributed by atoms with van der Waals surface area (Å²) >= 11 is 5.48. The van der Waals surface area contributed by atoms with Gasteiger partial charge in [-0.25, -0.2) is 0 Å². The van der Waals surface area contributed by atoms with Crippen molar-refractivity contribution in [1.29, 1.82) is 0 Å². The molecule has 1 rings (SSSR count). The molecule has 0 amide bonds. The van der Waals surface area contributed by atoms with Gasteiger partial charge in [0.15, 0.2) is 0 Å². The van der Waals surface area contributed by atoms with Gasteiger partial charge in [0, 0.05) is 22.6 Å². The Balaban J connectivity index is 0.00000169. The SMILES string of the molecule is NC(Cl)(c1ccccc1)S(=O)(=O)O.[Cu]. The standard InChI is InChI=1S/C7H8ClNO3S.Cu/c8-7(9,13(10,11)12)6-4-2-1-3-5-6;/h1-5H,9H2,(H,10,11,12);. The van der Waals surface area contributed by atoms with E-state index < -0.39 is 14.4 Å². The van der Waals surface area contributed by atoms with Crippen molar-refractivity contribution in [3.63, 3.8) is 0 Å². The van der Waals surface area contributed by atoms with Crippen molar-refractivity contribution in [2.45, 2.75) is 4.33 Å². The summed E-state index contributed by atoms with van der Waals surface area (Å²) in [6.45, 7) is 0. The maximum atomic E-state index is 10.8. The number of nitrogens with two attached hydrogens (primary N) is 1. The van der Waals surface area contributed by atoms with Crippen molar-refractivity contribution < 1.29 is 30.0 Å². The van der Waals surface area contributed by atoms with Gasteiger partial charge in [0.2, 0.25) is 4.33 Å². The number of hydrogen-bond donors (Lipinski definition) is 2. The Morgan fingerprint density at radius 3 is 2.07 bits per heavy atom. The van der Waals surface area contributed by atoms with Crippen LogP contribution < -0.4 is 5.73 Å². The van der Waals surface area contributed by atoms with Crippen LogP contribution >= 0.6 is 11.6 Å². The molecule has 0 heterocycles. The number of benzene rings is 1. The van der Waals surface area contributed by atoms with E-state index in [1.54, 1.807) is 18.2 Å². The summed E-state index contributed by atoms with van der Waals surface area (Å²) in [5, 5.41) is 0. The van der Waals surface area contributed by atoms with Gasteiger partial charge in [0.1, 0.15) is 0 Å². The number of halogens is 1. The number of rotatable bonds is 2. The van der Waals surface area contributed by atoms with Crippen molar-refractivity contribution in [2.75, 3.05) is 0 Å². The van der Waals surface area contributed by atoms with Crippen LogP contribution in [0.3, 0.4) is 0 Å². The molecule has 0 saturated carbocycles. The van der Waals surface area contributed by atoms with Gasteiger partial charge in [0.05, 0.1) is 0 Å². The molecular formula is C7H8ClCuNO3S. The van der Waals surface area contributed by atoms with Crippen LogP contribution in [0.25, 0.3) is 0 Å². The zero-order valence-corrected chi connectivity index (χ0v) is 9.33. The van der Waals surface area contributed by atoms with Crippen molar-refractivity contribution >= 4 is 21.7 Å². The van der Waals surface area contributed by atoms with Crippen LogP contribution in [-0.2, 0) is 31.5 Å². The van der Waals surface area contributed by atoms with E-state index in [4.69, 9.17) is 21.9 Å². The van der Waals surface area contributed by atoms with Gasteiger partial charge in [-0.2, -0.15) is 8.42 Å². The monoisotopic (exact) mass is 284 g/mol. The molecule has 0 aliphatic heterocycles. The molecule has 0 aliphatic rings. The van der Waals surface area contributed by atoms with E-state index in [1.807, 2.05) is 0 Å². The Labute approximate surface area is 97.7 Å². The van der Waals surface area contributed by atoms with Crippen molar-refractivity contribution in [3.05, 3.63) is 35.9 Å². The Kier molecular flexibility index (Phi) is 4.58. The summed E-state index contributed by atoms with van der Waals surface area (Å²) in [5.41, 5.74) is 5.37. The predicted molar refractivity (Wildman–Crippen MR) is 49.7 cm³/mol. The molecule has 0 fully saturated rings. The molecule has 7 heteroatoms. The summed E-state index contributed by atoms with van der Waals surface area (Å²) in [6, 6.07) is 7.66. The Morgan fingerprint density at radius 1 is 1.29 bits per heavy atom. The first kappa shape index (κ1) is 13.9. The summed E-state index contributed by atoms with van der Waals surface area (Å²) in [4.78, 5) is 0. The van der Waals surface area contributed by atoms with E-state index in [9.17, 15) is 8.42 Å². The quantitative estimate of drug-likeness (QED) is 0.366. The molecule has 0 aliphatic carbocycles. The van der Waals surface area contributed by atoms with Gasteiger partial charge in [-0.3, -0.25) is 10.3 Å². The first-order valence-corrected chi connectivity index (χ1v) is 5.18. The predicted octanol–water partition coefficient (Wildman–Crippen LogP) is 0.880. The molecule has 0 saturated heterocycles. The fraction of sp³-hybridized carbons (Fsp3) is 0.143. The molecule has 14 heavy (non-hydrogen) atoms. The zero-order chi connectivity index (χ0) is 10.1. The van der Waals surface area contributed by atoms with Gasteiger partial charge in [-0.1, -0.05) is 41.9 Å². The molecule has 0 aromatic heterocycles. The minimum absolute atomic E-state index is 0. The third-order valence-electron chi connectivity index (χ3n) is 1.54. The average Bonchev–Trinajstić information content (AvgIpc) is 2.04. The van der Waals surface area contributed by atoms with Crippen LogP contribution in [-0.4, -0.2) is 13.0 Å². The molecule has 1 aromatic carbocycles. The number of alkyl halides is 1. The Morgan fingerprint density at radius 2 is 1.71 bits per heavy atom. The van der Waals surface area contributed by atoms with E-state index in [0.29, 0.717) is 0 Å². The molecule has 0 bridgehead atoms. The minimum Gasteiger partial charge on any atom is -0.294 e. The minimum atomic E-state index is -4.51. The van der Waals surface area contributed by atoms with Gasteiger partial charge in [-0.05, 0) is 0 Å². The second kappa shape index (κ2) is 4.61. The summed E-state index contributed by atoms with van der Waals surface area (Å²) < 4.78 is 27.9. The summed E-state index contributed by atoms with van der Waals surface area (Å²) in [7, 11) is -4.51. The molecule has 0 spiro atoms. The summed E-state index contributed by atoms with van der Waals surface area (Å²) in [5.74, 6) is 0. The average molecular weight is 285 g/mol. The van der Waals surface area contributed by atoms with Gasteiger partial charge >= 0.3 is 10.1 Å². The fourth-order valence-electron chi connectivity index (χ4n) is 0.814. The largest absolute Gasteiger partial charge is 0.303 e. The van der Waals surface area contributed by atoms with Crippen LogP contribution in [0.4, 0.5) is 0 Å². The maximum absolute atomic E-state index is 10.8. The van der Waals surface area contributed by atoms with Crippen LogP contribution in [0.2, 0.25) is 0 Å². The van der Waals surface area contributed by atoms with Crippen LogP contribution in [0.5, 0.6) is 0 Å². The summed E-state index contributed by atoms with van der Waals surface area (Å²) in [6.07, 6.45) is 0. The van der Waals surface area contributed by atoms with E-state index in [1.165, 1.54) is 12.1 Å². The molecule has 83 valence electrons. The smallest absolute Gasteiger partial charge is 0.294 e.